The van der Waals surface area contributed by atoms with Crippen LogP contribution in [0.1, 0.15) is 22.6 Å². The SMILES string of the molecule is COc1cccc(OCCn2c(CCCNC(=O)c3ccc(F)cc3)nc3ccccc32)c1. The molecule has 1 N–H and O–H groups in total. The maximum atomic E-state index is 13.0. The molecular weight excluding hydrogens is 421 g/mol. The summed E-state index contributed by atoms with van der Waals surface area (Å²) in [6.07, 6.45) is 1.44. The molecular formula is C26H26FN3O3. The van der Waals surface area contributed by atoms with Crippen LogP contribution in [0.25, 0.3) is 11.0 Å². The molecule has 0 unspecified atom stereocenters. The van der Waals surface area contributed by atoms with Crippen molar-refractivity contribution in [2.24, 2.45) is 0 Å². The number of benzene rings is 3. The minimum absolute atomic E-state index is 0.213. The second-order valence-corrected chi connectivity index (χ2v) is 7.56. The van der Waals surface area contributed by atoms with Crippen molar-refractivity contribution in [3.8, 4) is 11.5 Å². The minimum Gasteiger partial charge on any atom is -0.497 e. The van der Waals surface area contributed by atoms with E-state index >= 15 is 0 Å². The van der Waals surface area contributed by atoms with E-state index in [0.717, 1.165) is 34.8 Å². The van der Waals surface area contributed by atoms with Crippen molar-refractivity contribution in [3.63, 3.8) is 0 Å². The molecule has 0 aliphatic rings. The summed E-state index contributed by atoms with van der Waals surface area (Å²) < 4.78 is 26.4. The van der Waals surface area contributed by atoms with Crippen molar-refractivity contribution < 1.29 is 18.7 Å². The number of hydrogen-bond acceptors (Lipinski definition) is 4. The summed E-state index contributed by atoms with van der Waals surface area (Å²) in [5.74, 6) is 1.88. The Hall–Kier alpha value is -3.87. The Morgan fingerprint density at radius 2 is 1.82 bits per heavy atom. The molecule has 0 bridgehead atoms. The number of carbonyl (C=O) groups is 1. The first kappa shape index (κ1) is 22.3. The average molecular weight is 448 g/mol. The number of imidazole rings is 1. The molecule has 4 aromatic rings. The van der Waals surface area contributed by atoms with Crippen LogP contribution in [0.3, 0.4) is 0 Å². The van der Waals surface area contributed by atoms with E-state index in [1.54, 1.807) is 7.11 Å². The molecule has 1 heterocycles. The van der Waals surface area contributed by atoms with Crippen molar-refractivity contribution >= 4 is 16.9 Å². The number of para-hydroxylation sites is 2. The Morgan fingerprint density at radius 1 is 1.03 bits per heavy atom. The Morgan fingerprint density at radius 3 is 2.64 bits per heavy atom. The first-order valence-electron chi connectivity index (χ1n) is 10.9. The van der Waals surface area contributed by atoms with E-state index in [9.17, 15) is 9.18 Å². The number of rotatable bonds is 10. The average Bonchev–Trinajstić information content (AvgIpc) is 3.19. The van der Waals surface area contributed by atoms with E-state index in [1.807, 2.05) is 48.5 Å². The van der Waals surface area contributed by atoms with Crippen LogP contribution in [0.15, 0.2) is 72.8 Å². The summed E-state index contributed by atoms with van der Waals surface area (Å²) in [4.78, 5) is 17.0. The van der Waals surface area contributed by atoms with Crippen LogP contribution in [0.4, 0.5) is 4.39 Å². The molecule has 7 heteroatoms. The molecule has 170 valence electrons. The number of methoxy groups -OCH3 is 1. The van der Waals surface area contributed by atoms with Gasteiger partial charge in [0.2, 0.25) is 0 Å². The topological polar surface area (TPSA) is 65.4 Å². The number of fused-ring (bicyclic) bond motifs is 1. The summed E-state index contributed by atoms with van der Waals surface area (Å²) in [7, 11) is 1.63. The zero-order chi connectivity index (χ0) is 23.0. The molecule has 0 aliphatic carbocycles. The fourth-order valence-electron chi connectivity index (χ4n) is 3.66. The van der Waals surface area contributed by atoms with Gasteiger partial charge in [0.25, 0.3) is 5.91 Å². The third kappa shape index (κ3) is 5.68. The van der Waals surface area contributed by atoms with Gasteiger partial charge in [-0.15, -0.1) is 0 Å². The Bertz CT molecular complexity index is 1220. The lowest BCUT2D eigenvalue weighted by molar-refractivity contribution is 0.0953. The second kappa shape index (κ2) is 10.6. The van der Waals surface area contributed by atoms with Crippen molar-refractivity contribution in [2.45, 2.75) is 19.4 Å². The van der Waals surface area contributed by atoms with Crippen LogP contribution >= 0.6 is 0 Å². The van der Waals surface area contributed by atoms with E-state index in [-0.39, 0.29) is 11.7 Å². The zero-order valence-electron chi connectivity index (χ0n) is 18.5. The van der Waals surface area contributed by atoms with Gasteiger partial charge in [-0.25, -0.2) is 9.37 Å². The van der Waals surface area contributed by atoms with Crippen LogP contribution < -0.4 is 14.8 Å². The predicted octanol–water partition coefficient (Wildman–Crippen LogP) is 4.63. The second-order valence-electron chi connectivity index (χ2n) is 7.56. The molecule has 0 saturated carbocycles. The summed E-state index contributed by atoms with van der Waals surface area (Å²) in [6.45, 7) is 1.64. The molecule has 0 aliphatic heterocycles. The van der Waals surface area contributed by atoms with Gasteiger partial charge in [0.05, 0.1) is 24.7 Å². The third-order valence-electron chi connectivity index (χ3n) is 5.33. The van der Waals surface area contributed by atoms with Crippen LogP contribution in [-0.2, 0) is 13.0 Å². The molecule has 33 heavy (non-hydrogen) atoms. The quantitative estimate of drug-likeness (QED) is 0.360. The number of hydrogen-bond donors (Lipinski definition) is 1. The molecule has 1 amide bonds. The van der Waals surface area contributed by atoms with Crippen LogP contribution in [0.2, 0.25) is 0 Å². The third-order valence-corrected chi connectivity index (χ3v) is 5.33. The minimum atomic E-state index is -0.360. The van der Waals surface area contributed by atoms with E-state index in [4.69, 9.17) is 14.5 Å². The van der Waals surface area contributed by atoms with Crippen molar-refractivity contribution in [3.05, 3.63) is 90.0 Å². The molecule has 0 spiro atoms. The summed E-state index contributed by atoms with van der Waals surface area (Å²) in [6, 6.07) is 21.1. The highest BCUT2D eigenvalue weighted by Crippen LogP contribution is 2.20. The van der Waals surface area contributed by atoms with Crippen molar-refractivity contribution in [2.75, 3.05) is 20.3 Å². The maximum absolute atomic E-state index is 13.0. The Kier molecular flexibility index (Phi) is 7.19. The summed E-state index contributed by atoms with van der Waals surface area (Å²) in [5.41, 5.74) is 2.43. The lowest BCUT2D eigenvalue weighted by atomic mass is 10.2. The van der Waals surface area contributed by atoms with E-state index in [0.29, 0.717) is 31.7 Å². The first-order valence-corrected chi connectivity index (χ1v) is 10.9. The fourth-order valence-corrected chi connectivity index (χ4v) is 3.66. The van der Waals surface area contributed by atoms with Gasteiger partial charge in [-0.2, -0.15) is 0 Å². The van der Waals surface area contributed by atoms with Gasteiger partial charge in [-0.05, 0) is 55.0 Å². The highest BCUT2D eigenvalue weighted by molar-refractivity contribution is 5.94. The van der Waals surface area contributed by atoms with Gasteiger partial charge >= 0.3 is 0 Å². The zero-order valence-corrected chi connectivity index (χ0v) is 18.5. The molecule has 0 atom stereocenters. The Labute approximate surface area is 192 Å². The molecule has 0 radical (unpaired) electrons. The van der Waals surface area contributed by atoms with Gasteiger partial charge in [-0.3, -0.25) is 4.79 Å². The van der Waals surface area contributed by atoms with E-state index in [2.05, 4.69) is 9.88 Å². The molecule has 0 fully saturated rings. The lowest BCUT2D eigenvalue weighted by Gasteiger charge is -2.12. The van der Waals surface area contributed by atoms with Gasteiger partial charge < -0.3 is 19.4 Å². The molecule has 6 nitrogen and oxygen atoms in total. The number of ether oxygens (including phenoxy) is 2. The van der Waals surface area contributed by atoms with Crippen molar-refractivity contribution in [1.82, 2.24) is 14.9 Å². The predicted molar refractivity (Wildman–Crippen MR) is 125 cm³/mol. The highest BCUT2D eigenvalue weighted by atomic mass is 19.1. The number of amides is 1. The molecule has 0 saturated heterocycles. The first-order chi connectivity index (χ1) is 16.1. The monoisotopic (exact) mass is 447 g/mol. The van der Waals surface area contributed by atoms with Crippen LogP contribution in [0, 0.1) is 5.82 Å². The number of aryl methyl sites for hydroxylation is 1. The van der Waals surface area contributed by atoms with Gasteiger partial charge in [0.15, 0.2) is 0 Å². The van der Waals surface area contributed by atoms with Crippen LogP contribution in [-0.4, -0.2) is 35.7 Å². The van der Waals surface area contributed by atoms with Crippen molar-refractivity contribution in [1.29, 1.82) is 0 Å². The smallest absolute Gasteiger partial charge is 0.251 e. The van der Waals surface area contributed by atoms with Gasteiger partial charge in [-0.1, -0.05) is 18.2 Å². The number of carbonyl (C=O) groups excluding carboxylic acids is 1. The highest BCUT2D eigenvalue weighted by Gasteiger charge is 2.11. The van der Waals surface area contributed by atoms with Gasteiger partial charge in [0.1, 0.15) is 29.7 Å². The fraction of sp³-hybridized carbons (Fsp3) is 0.231. The normalized spacial score (nSPS) is 10.8. The number of aromatic nitrogens is 2. The summed E-state index contributed by atoms with van der Waals surface area (Å²) in [5, 5.41) is 2.88. The number of halogens is 1. The molecule has 3 aromatic carbocycles. The maximum Gasteiger partial charge on any atom is 0.251 e. The van der Waals surface area contributed by atoms with Crippen LogP contribution in [0.5, 0.6) is 11.5 Å². The number of nitrogens with zero attached hydrogens (tertiary/aromatic N) is 2. The lowest BCUT2D eigenvalue weighted by Crippen LogP contribution is -2.25. The van der Waals surface area contributed by atoms with Gasteiger partial charge in [0, 0.05) is 24.6 Å². The summed E-state index contributed by atoms with van der Waals surface area (Å²) >= 11 is 0. The molecule has 1 aromatic heterocycles. The van der Waals surface area contributed by atoms with E-state index < -0.39 is 0 Å². The standard InChI is InChI=1S/C26H26FN3O3/c1-32-21-6-4-7-22(18-21)33-17-16-30-24-9-3-2-8-23(24)29-25(30)10-5-15-28-26(31)19-11-13-20(27)14-12-19/h2-4,6-9,11-14,18H,5,10,15-17H2,1H3,(H,28,31). The van der Waals surface area contributed by atoms with E-state index in [1.165, 1.54) is 24.3 Å². The largest absolute Gasteiger partial charge is 0.497 e. The number of nitrogens with one attached hydrogen (secondary N) is 1. The molecule has 4 rings (SSSR count). The Balaban J connectivity index is 1.36.